The van der Waals surface area contributed by atoms with Crippen molar-refractivity contribution in [2.24, 2.45) is 5.92 Å². The lowest BCUT2D eigenvalue weighted by Gasteiger charge is -2.32. The molecule has 2 aliphatic carbocycles. The Morgan fingerprint density at radius 1 is 0.800 bits per heavy atom. The SMILES string of the molecule is CC1(C)OB(C2CCCCC(C3=C/C=C\C=C/C=C3)CC2)OC1(C)C. The van der Waals surface area contributed by atoms with Crippen molar-refractivity contribution in [3.05, 3.63) is 48.1 Å². The van der Waals surface area contributed by atoms with Crippen molar-refractivity contribution < 1.29 is 9.31 Å². The molecule has 0 N–H and O–H groups in total. The third-order valence-electron chi connectivity index (χ3n) is 6.41. The molecule has 2 nitrogen and oxygen atoms in total. The molecule has 0 spiro atoms. The molecular weight excluding hydrogens is 307 g/mol. The molecule has 0 aromatic heterocycles. The van der Waals surface area contributed by atoms with Crippen LogP contribution < -0.4 is 0 Å². The monoisotopic (exact) mass is 340 g/mol. The molecule has 1 heterocycles. The van der Waals surface area contributed by atoms with E-state index < -0.39 is 0 Å². The minimum absolute atomic E-state index is 0.0477. The molecule has 0 radical (unpaired) electrons. The smallest absolute Gasteiger partial charge is 0.403 e. The van der Waals surface area contributed by atoms with Crippen molar-refractivity contribution in [1.29, 1.82) is 0 Å². The van der Waals surface area contributed by atoms with Crippen LogP contribution in [0.5, 0.6) is 0 Å². The van der Waals surface area contributed by atoms with Crippen LogP contribution in [-0.2, 0) is 9.31 Å². The summed E-state index contributed by atoms with van der Waals surface area (Å²) in [5.74, 6) is 1.16. The Morgan fingerprint density at radius 3 is 2.20 bits per heavy atom. The molecule has 1 aliphatic heterocycles. The van der Waals surface area contributed by atoms with Crippen LogP contribution in [0.15, 0.2) is 48.1 Å². The van der Waals surface area contributed by atoms with Gasteiger partial charge in [0.25, 0.3) is 0 Å². The van der Waals surface area contributed by atoms with E-state index >= 15 is 0 Å². The van der Waals surface area contributed by atoms with Crippen LogP contribution >= 0.6 is 0 Å². The second-order valence-electron chi connectivity index (χ2n) is 8.74. The molecule has 1 saturated carbocycles. The molecule has 0 aromatic carbocycles. The highest BCUT2D eigenvalue weighted by atomic mass is 16.7. The van der Waals surface area contributed by atoms with Gasteiger partial charge in [-0.25, -0.2) is 0 Å². The van der Waals surface area contributed by atoms with Crippen molar-refractivity contribution in [2.45, 2.75) is 83.2 Å². The molecule has 3 heteroatoms. The molecule has 25 heavy (non-hydrogen) atoms. The normalized spacial score (nSPS) is 34.4. The highest BCUT2D eigenvalue weighted by Gasteiger charge is 2.53. The highest BCUT2D eigenvalue weighted by Crippen LogP contribution is 2.44. The van der Waals surface area contributed by atoms with Crippen LogP contribution in [0.3, 0.4) is 0 Å². The molecule has 0 aromatic rings. The van der Waals surface area contributed by atoms with Crippen LogP contribution in [-0.4, -0.2) is 18.3 Å². The Kier molecular flexibility index (Phi) is 5.75. The zero-order valence-corrected chi connectivity index (χ0v) is 16.3. The lowest BCUT2D eigenvalue weighted by molar-refractivity contribution is 0.00578. The van der Waals surface area contributed by atoms with E-state index in [0.29, 0.717) is 11.7 Å². The summed E-state index contributed by atoms with van der Waals surface area (Å²) in [7, 11) is -0.0477. The first-order valence-corrected chi connectivity index (χ1v) is 9.96. The van der Waals surface area contributed by atoms with Crippen molar-refractivity contribution in [2.75, 3.05) is 0 Å². The predicted octanol–water partition coefficient (Wildman–Crippen LogP) is 6.03. The van der Waals surface area contributed by atoms with Gasteiger partial charge in [-0.3, -0.25) is 0 Å². The van der Waals surface area contributed by atoms with Crippen molar-refractivity contribution in [3.63, 3.8) is 0 Å². The van der Waals surface area contributed by atoms with E-state index in [4.69, 9.17) is 9.31 Å². The van der Waals surface area contributed by atoms with E-state index in [9.17, 15) is 0 Å². The van der Waals surface area contributed by atoms with Crippen LogP contribution in [0.2, 0.25) is 5.82 Å². The summed E-state index contributed by atoms with van der Waals surface area (Å²) >= 11 is 0. The largest absolute Gasteiger partial charge is 0.461 e. The van der Waals surface area contributed by atoms with E-state index in [1.165, 1.54) is 44.1 Å². The van der Waals surface area contributed by atoms with Crippen LogP contribution in [0, 0.1) is 5.92 Å². The summed E-state index contributed by atoms with van der Waals surface area (Å²) in [5, 5.41) is 0. The predicted molar refractivity (Wildman–Crippen MR) is 107 cm³/mol. The Hall–Kier alpha value is -1.06. The van der Waals surface area contributed by atoms with Crippen molar-refractivity contribution >= 4 is 7.12 Å². The minimum atomic E-state index is -0.221. The van der Waals surface area contributed by atoms with E-state index in [1.807, 2.05) is 0 Å². The summed E-state index contributed by atoms with van der Waals surface area (Å²) in [4.78, 5) is 0. The van der Waals surface area contributed by atoms with Gasteiger partial charge in [-0.15, -0.1) is 0 Å². The van der Waals surface area contributed by atoms with Crippen molar-refractivity contribution in [3.8, 4) is 0 Å². The van der Waals surface area contributed by atoms with E-state index in [0.717, 1.165) is 0 Å². The van der Waals surface area contributed by atoms with Crippen molar-refractivity contribution in [1.82, 2.24) is 0 Å². The average molecular weight is 340 g/mol. The van der Waals surface area contributed by atoms with Gasteiger partial charge >= 0.3 is 7.12 Å². The zero-order chi connectivity index (χ0) is 17.9. The summed E-state index contributed by atoms with van der Waals surface area (Å²) in [6.07, 6.45) is 22.7. The van der Waals surface area contributed by atoms with Gasteiger partial charge in [0.2, 0.25) is 0 Å². The van der Waals surface area contributed by atoms with Gasteiger partial charge in [-0.05, 0) is 57.8 Å². The van der Waals surface area contributed by atoms with Gasteiger partial charge in [0.1, 0.15) is 0 Å². The summed E-state index contributed by atoms with van der Waals surface area (Å²) in [5.41, 5.74) is 1.03. The Labute approximate surface area is 154 Å². The number of allylic oxidation sites excluding steroid dienone is 8. The maximum atomic E-state index is 6.35. The van der Waals surface area contributed by atoms with Crippen LogP contribution in [0.1, 0.15) is 66.2 Å². The lowest BCUT2D eigenvalue weighted by atomic mass is 9.64. The number of hydrogen-bond donors (Lipinski definition) is 0. The number of rotatable bonds is 2. The molecular formula is C22H33BO2. The Bertz CT molecular complexity index is 567. The second kappa shape index (κ2) is 7.67. The summed E-state index contributed by atoms with van der Waals surface area (Å²) < 4.78 is 12.7. The van der Waals surface area contributed by atoms with Crippen LogP contribution in [0.4, 0.5) is 0 Å². The molecule has 3 aliphatic rings. The number of hydrogen-bond acceptors (Lipinski definition) is 2. The van der Waals surface area contributed by atoms with E-state index in [2.05, 4.69) is 70.2 Å². The first-order chi connectivity index (χ1) is 11.9. The first kappa shape index (κ1) is 18.7. The molecule has 136 valence electrons. The van der Waals surface area contributed by atoms with Gasteiger partial charge in [0.15, 0.2) is 0 Å². The molecule has 2 atom stereocenters. The topological polar surface area (TPSA) is 18.5 Å². The summed E-state index contributed by atoms with van der Waals surface area (Å²) in [6.45, 7) is 8.62. The maximum absolute atomic E-state index is 6.35. The first-order valence-electron chi connectivity index (χ1n) is 9.96. The standard InChI is InChI=1S/C22H33BO2/c1-21(2)22(3,4)25-23(24-21)20-15-11-10-14-19(16-17-20)18-12-8-6-5-7-9-13-18/h5-9,12-13,19-20H,10-11,14-17H2,1-4H3/b6-5-,7-5?,8-6?,9-7-,12-8?,13-9?,18-12?,18-13?. The zero-order valence-electron chi connectivity index (χ0n) is 16.3. The van der Waals surface area contributed by atoms with Gasteiger partial charge in [-0.2, -0.15) is 0 Å². The molecule has 3 rings (SSSR count). The van der Waals surface area contributed by atoms with E-state index in [-0.39, 0.29) is 18.3 Å². The maximum Gasteiger partial charge on any atom is 0.461 e. The Balaban J connectivity index is 1.66. The third kappa shape index (κ3) is 4.38. The molecule has 0 amide bonds. The fourth-order valence-electron chi connectivity index (χ4n) is 4.04. The van der Waals surface area contributed by atoms with E-state index in [1.54, 1.807) is 0 Å². The van der Waals surface area contributed by atoms with Gasteiger partial charge < -0.3 is 9.31 Å². The average Bonchev–Trinajstić information content (AvgIpc) is 2.68. The molecule has 2 fully saturated rings. The quantitative estimate of drug-likeness (QED) is 0.572. The molecule has 0 bridgehead atoms. The van der Waals surface area contributed by atoms with Gasteiger partial charge in [-0.1, -0.05) is 68.2 Å². The van der Waals surface area contributed by atoms with Crippen LogP contribution in [0.25, 0.3) is 0 Å². The highest BCUT2D eigenvalue weighted by molar-refractivity contribution is 6.47. The fourth-order valence-corrected chi connectivity index (χ4v) is 4.04. The minimum Gasteiger partial charge on any atom is -0.403 e. The third-order valence-corrected chi connectivity index (χ3v) is 6.41. The second-order valence-corrected chi connectivity index (χ2v) is 8.74. The summed E-state index contributed by atoms with van der Waals surface area (Å²) in [6, 6.07) is 0. The molecule has 2 unspecified atom stereocenters. The molecule has 1 saturated heterocycles. The van der Waals surface area contributed by atoms with Gasteiger partial charge in [0, 0.05) is 0 Å². The fraction of sp³-hybridized carbons (Fsp3) is 0.636. The van der Waals surface area contributed by atoms with Gasteiger partial charge in [0.05, 0.1) is 11.2 Å². The Morgan fingerprint density at radius 2 is 1.44 bits per heavy atom. The lowest BCUT2D eigenvalue weighted by Crippen LogP contribution is -2.41.